The highest BCUT2D eigenvalue weighted by Gasteiger charge is 2.37. The maximum absolute atomic E-state index is 12.7. The van der Waals surface area contributed by atoms with Crippen LogP contribution in [0.3, 0.4) is 0 Å². The van der Waals surface area contributed by atoms with Crippen LogP contribution in [0.5, 0.6) is 5.75 Å². The summed E-state index contributed by atoms with van der Waals surface area (Å²) >= 11 is 5.82. The van der Waals surface area contributed by atoms with Crippen LogP contribution in [0.15, 0.2) is 41.5 Å². The number of rotatable bonds is 10. The Hall–Kier alpha value is -3.27. The predicted molar refractivity (Wildman–Crippen MR) is 172 cm³/mol. The Kier molecular flexibility index (Phi) is 13.4. The number of carbonyl (C=O) groups excluding carboxylic acids is 1. The average Bonchev–Trinajstić information content (AvgIpc) is 3.55. The molecule has 236 valence electrons. The molecular weight excluding hydrogens is 591 g/mol. The summed E-state index contributed by atoms with van der Waals surface area (Å²) in [4.78, 5) is 35.7. The number of ether oxygens (including phenoxy) is 2. The van der Waals surface area contributed by atoms with Crippen molar-refractivity contribution in [2.75, 3.05) is 18.9 Å². The van der Waals surface area contributed by atoms with Crippen LogP contribution in [0.2, 0.25) is 0 Å². The Morgan fingerprint density at radius 3 is 2.58 bits per heavy atom. The molecule has 12 nitrogen and oxygen atoms in total. The van der Waals surface area contributed by atoms with E-state index in [0.29, 0.717) is 17.8 Å². The fraction of sp³-hybridized carbons (Fsp3) is 0.517. The van der Waals surface area contributed by atoms with Gasteiger partial charge in [0, 0.05) is 5.92 Å². The number of nitrogens with two attached hydrogens (primary N) is 1. The lowest BCUT2D eigenvalue weighted by molar-refractivity contribution is -0.148. The number of terminal acetylenes is 1. The third-order valence-corrected chi connectivity index (χ3v) is 8.43. The first-order chi connectivity index (χ1) is 20.3. The van der Waals surface area contributed by atoms with Gasteiger partial charge in [-0.2, -0.15) is 4.98 Å². The maximum Gasteiger partial charge on any atom is 0.323 e. The van der Waals surface area contributed by atoms with Crippen molar-refractivity contribution in [3.05, 3.63) is 47.0 Å². The number of carbonyl (C=O) groups is 1. The Morgan fingerprint density at radius 1 is 1.30 bits per heavy atom. The lowest BCUT2D eigenvalue weighted by atomic mass is 9.99. The number of imidazole rings is 1. The number of fused-ring (bicyclic) bond motifs is 1. The van der Waals surface area contributed by atoms with Gasteiger partial charge in [0.25, 0.3) is 5.56 Å². The van der Waals surface area contributed by atoms with E-state index in [0.717, 1.165) is 0 Å². The molecule has 1 aliphatic heterocycles. The van der Waals surface area contributed by atoms with Gasteiger partial charge in [0.15, 0.2) is 11.2 Å². The molecule has 4 N–H and O–H groups in total. The third-order valence-electron chi connectivity index (χ3n) is 5.93. The van der Waals surface area contributed by atoms with Gasteiger partial charge in [-0.25, -0.2) is 10.1 Å². The molecule has 14 heteroatoms. The highest BCUT2D eigenvalue weighted by molar-refractivity contribution is 8.09. The van der Waals surface area contributed by atoms with Crippen LogP contribution in [0, 0.1) is 24.2 Å². The van der Waals surface area contributed by atoms with Crippen molar-refractivity contribution in [3.8, 4) is 18.6 Å². The summed E-state index contributed by atoms with van der Waals surface area (Å²) in [6.45, 7) is 10.8. The molecule has 0 bridgehead atoms. The Bertz CT molecular complexity index is 1450. The van der Waals surface area contributed by atoms with Gasteiger partial charge >= 0.3 is 12.6 Å². The number of aromatic nitrogens is 4. The smallest absolute Gasteiger partial charge is 0.323 e. The molecule has 0 amide bonds. The van der Waals surface area contributed by atoms with Gasteiger partial charge in [0.05, 0.1) is 25.6 Å². The molecule has 2 aromatic heterocycles. The minimum atomic E-state index is -3.21. The Morgan fingerprint density at radius 2 is 1.95 bits per heavy atom. The van der Waals surface area contributed by atoms with E-state index in [1.54, 1.807) is 23.6 Å². The number of H-pyrrole nitrogens is 1. The zero-order valence-electron chi connectivity index (χ0n) is 25.8. The molecule has 0 spiro atoms. The van der Waals surface area contributed by atoms with E-state index < -0.39 is 30.4 Å². The van der Waals surface area contributed by atoms with Gasteiger partial charge in [-0.1, -0.05) is 59.7 Å². The zero-order chi connectivity index (χ0) is 32.4. The van der Waals surface area contributed by atoms with Gasteiger partial charge in [0.2, 0.25) is 5.95 Å². The van der Waals surface area contributed by atoms with Crippen molar-refractivity contribution in [1.82, 2.24) is 24.6 Å². The summed E-state index contributed by atoms with van der Waals surface area (Å²) in [7, 11) is 0. The molecule has 43 heavy (non-hydrogen) atoms. The van der Waals surface area contributed by atoms with E-state index in [9.17, 15) is 9.59 Å². The number of nitrogens with zero attached hydrogens (tertiary/aromatic N) is 3. The second kappa shape index (κ2) is 16.0. The molecule has 1 aliphatic rings. The molecule has 3 heterocycles. The monoisotopic (exact) mass is 634 g/mol. The van der Waals surface area contributed by atoms with Crippen molar-refractivity contribution in [1.29, 1.82) is 0 Å². The van der Waals surface area contributed by atoms with Gasteiger partial charge in [-0.3, -0.25) is 19.1 Å². The topological polar surface area (TPSA) is 156 Å². The van der Waals surface area contributed by atoms with Crippen LogP contribution in [0.4, 0.5) is 5.95 Å². The highest BCUT2D eigenvalue weighted by atomic mass is 32.5. The summed E-state index contributed by atoms with van der Waals surface area (Å²) in [5.74, 6) is 0.116. The number of esters is 1. The maximum atomic E-state index is 12.7. The molecule has 4 rings (SSSR count). The third kappa shape index (κ3) is 10.2. The van der Waals surface area contributed by atoms with Gasteiger partial charge in [0.1, 0.15) is 18.0 Å². The van der Waals surface area contributed by atoms with E-state index >= 15 is 0 Å². The highest BCUT2D eigenvalue weighted by Crippen LogP contribution is 2.47. The average molecular weight is 635 g/mol. The molecular formula is C29H43N6O6PS. The molecule has 0 aliphatic carbocycles. The lowest BCUT2D eigenvalue weighted by Crippen LogP contribution is -2.36. The minimum absolute atomic E-state index is 0.000226. The second-order valence-electron chi connectivity index (χ2n) is 10.9. The molecule has 3 aromatic rings. The summed E-state index contributed by atoms with van der Waals surface area (Å²) in [5.41, 5.74) is 5.68. The Balaban J connectivity index is 0.00000155. The van der Waals surface area contributed by atoms with Crippen LogP contribution in [-0.2, 0) is 30.6 Å². The fourth-order valence-electron chi connectivity index (χ4n) is 4.09. The summed E-state index contributed by atoms with van der Waals surface area (Å²) in [6.07, 6.45) is 9.39. The van der Waals surface area contributed by atoms with Crippen LogP contribution in [-0.4, -0.2) is 50.8 Å². The number of nitrogens with one attached hydrogen (secondary N) is 2. The number of para-hydroxylation sites is 1. The van der Waals surface area contributed by atoms with Crippen LogP contribution < -0.4 is 20.9 Å². The quantitative estimate of drug-likeness (QED) is 0.160. The molecule has 0 saturated carbocycles. The minimum Gasteiger partial charge on any atom is -0.464 e. The van der Waals surface area contributed by atoms with Crippen molar-refractivity contribution in [2.24, 2.45) is 11.3 Å². The van der Waals surface area contributed by atoms with E-state index in [1.807, 2.05) is 59.7 Å². The van der Waals surface area contributed by atoms with E-state index in [2.05, 4.69) is 32.9 Å². The first-order valence-corrected chi connectivity index (χ1v) is 16.6. The van der Waals surface area contributed by atoms with E-state index in [-0.39, 0.29) is 42.1 Å². The summed E-state index contributed by atoms with van der Waals surface area (Å²) in [5, 5.41) is 3.06. The normalized spacial score (nSPS) is 20.1. The van der Waals surface area contributed by atoms with E-state index in [4.69, 9.17) is 36.1 Å². The Labute approximate surface area is 258 Å². The SMILES string of the molecule is C#C.CC.CC(NP(=S)(OC[C@@H]1C[C@H](C)[C@H](n2cnc3c(=O)[nH]c(N)nc32)O1)Oc1ccccc1)C(=O)OCC(C)(C)C. The van der Waals surface area contributed by atoms with Crippen molar-refractivity contribution in [3.63, 3.8) is 0 Å². The number of hydrogen-bond donors (Lipinski definition) is 3. The number of nitrogen functional groups attached to an aromatic ring is 1. The van der Waals surface area contributed by atoms with E-state index in [1.165, 1.54) is 6.33 Å². The molecule has 1 saturated heterocycles. The molecule has 1 fully saturated rings. The van der Waals surface area contributed by atoms with Gasteiger partial charge in [-0.05, 0) is 42.7 Å². The molecule has 0 radical (unpaired) electrons. The standard InChI is InChI=1S/C25H35N6O6PS.C2H6.C2H2/c1-15-11-18(36-22(15)31-14-27-19-20(31)28-24(26)29-21(19)32)12-35-38(39,37-17-9-7-6-8-10-17)30-16(2)23(33)34-13-25(3,4)5;2*1-2/h6-10,14-16,18,22H,11-13H2,1-5H3,(H,30,39)(H3,26,28,29,32);1-2H3;1-2H/t15-,16?,18-,22+,38?;;/m0../s1. The van der Waals surface area contributed by atoms with Gasteiger partial charge < -0.3 is 24.3 Å². The van der Waals surface area contributed by atoms with Gasteiger partial charge in [-0.15, -0.1) is 12.8 Å². The first-order valence-electron chi connectivity index (χ1n) is 14.0. The van der Waals surface area contributed by atoms with Crippen LogP contribution in [0.1, 0.15) is 61.1 Å². The largest absolute Gasteiger partial charge is 0.464 e. The fourth-order valence-corrected chi connectivity index (χ4v) is 6.52. The van der Waals surface area contributed by atoms with Crippen molar-refractivity contribution in [2.45, 2.75) is 73.3 Å². The van der Waals surface area contributed by atoms with Crippen molar-refractivity contribution < 1.29 is 23.3 Å². The summed E-state index contributed by atoms with van der Waals surface area (Å²) in [6, 6.07) is 8.28. The first kappa shape index (κ1) is 35.9. The van der Waals surface area contributed by atoms with Crippen LogP contribution in [0.25, 0.3) is 11.2 Å². The lowest BCUT2D eigenvalue weighted by Gasteiger charge is -2.28. The number of benzene rings is 1. The zero-order valence-corrected chi connectivity index (χ0v) is 27.5. The number of hydrogen-bond acceptors (Lipinski definition) is 10. The molecule has 1 aromatic carbocycles. The van der Waals surface area contributed by atoms with Crippen molar-refractivity contribution >= 4 is 41.5 Å². The predicted octanol–water partition coefficient (Wildman–Crippen LogP) is 4.79. The number of anilines is 1. The molecule has 5 atom stereocenters. The molecule has 2 unspecified atom stereocenters. The second-order valence-corrected chi connectivity index (χ2v) is 14.0. The number of aromatic amines is 1. The van der Waals surface area contributed by atoms with Crippen LogP contribution >= 0.6 is 6.64 Å². The summed E-state index contributed by atoms with van der Waals surface area (Å²) < 4.78 is 25.7.